The van der Waals surface area contributed by atoms with Gasteiger partial charge in [0.1, 0.15) is 12.4 Å². The number of ether oxygens (including phenoxy) is 1. The minimum Gasteiger partial charge on any atom is -0.367 e. The Hall–Kier alpha value is -3.77. The average molecular weight is 470 g/mol. The highest BCUT2D eigenvalue weighted by Gasteiger charge is 2.26. The quantitative estimate of drug-likeness (QED) is 0.359. The van der Waals surface area contributed by atoms with Crippen LogP contribution in [0.15, 0.2) is 77.6 Å². The third-order valence-electron chi connectivity index (χ3n) is 6.39. The van der Waals surface area contributed by atoms with Gasteiger partial charge in [0, 0.05) is 6.54 Å². The number of aromatic nitrogens is 2. The first-order valence-electron chi connectivity index (χ1n) is 11.9. The van der Waals surface area contributed by atoms with Crippen LogP contribution in [0.3, 0.4) is 0 Å². The van der Waals surface area contributed by atoms with Gasteiger partial charge in [0.2, 0.25) is 5.91 Å². The summed E-state index contributed by atoms with van der Waals surface area (Å²) in [6, 6.07) is 22.6. The lowest BCUT2D eigenvalue weighted by Crippen LogP contribution is -2.39. The van der Waals surface area contributed by atoms with Crippen LogP contribution in [0.1, 0.15) is 42.4 Å². The maximum absolute atomic E-state index is 13.7. The lowest BCUT2D eigenvalue weighted by atomic mass is 10.1. The first-order valence-corrected chi connectivity index (χ1v) is 11.9. The number of hydrogen-bond acceptors (Lipinski definition) is 4. The summed E-state index contributed by atoms with van der Waals surface area (Å²) < 4.78 is 7.35. The number of nitrogens with zero attached hydrogens (tertiary/aromatic N) is 3. The molecular formula is C29H31N3O3. The number of aryl methyl sites for hydroxylation is 2. The Morgan fingerprint density at radius 1 is 1.00 bits per heavy atom. The molecule has 0 saturated heterocycles. The van der Waals surface area contributed by atoms with E-state index in [4.69, 9.17) is 9.72 Å². The fourth-order valence-electron chi connectivity index (χ4n) is 4.26. The second-order valence-corrected chi connectivity index (χ2v) is 8.73. The van der Waals surface area contributed by atoms with Crippen LogP contribution in [-0.2, 0) is 16.1 Å². The van der Waals surface area contributed by atoms with Crippen LogP contribution in [0, 0.1) is 13.8 Å². The van der Waals surface area contributed by atoms with Crippen LogP contribution >= 0.6 is 0 Å². The van der Waals surface area contributed by atoms with Crippen LogP contribution in [0.5, 0.6) is 0 Å². The second-order valence-electron chi connectivity index (χ2n) is 8.73. The van der Waals surface area contributed by atoms with Gasteiger partial charge < -0.3 is 9.64 Å². The molecule has 0 aliphatic rings. The van der Waals surface area contributed by atoms with E-state index < -0.39 is 6.04 Å². The molecule has 0 aliphatic heterocycles. The summed E-state index contributed by atoms with van der Waals surface area (Å²) in [5, 5.41) is 0.544. The number of rotatable bonds is 8. The fraction of sp³-hybridized carbons (Fsp3) is 0.276. The molecule has 0 radical (unpaired) electrons. The molecule has 1 heterocycles. The average Bonchev–Trinajstić information content (AvgIpc) is 2.87. The lowest BCUT2D eigenvalue weighted by molar-refractivity contribution is -0.138. The van der Waals surface area contributed by atoms with Gasteiger partial charge in [0.25, 0.3) is 5.56 Å². The molecule has 0 saturated carbocycles. The first-order chi connectivity index (χ1) is 16.9. The maximum Gasteiger partial charge on any atom is 0.266 e. The zero-order chi connectivity index (χ0) is 24.9. The van der Waals surface area contributed by atoms with Gasteiger partial charge in [-0.3, -0.25) is 14.2 Å². The van der Waals surface area contributed by atoms with Gasteiger partial charge in [-0.1, -0.05) is 48.5 Å². The summed E-state index contributed by atoms with van der Waals surface area (Å²) >= 11 is 0. The molecular weight excluding hydrogens is 438 g/mol. The molecule has 1 aromatic heterocycles. The SMILES string of the molecule is CCN(C(=O)COCc1ccccc1)C(C)c1nc2ccccc2c(=O)n1-c1ccc(C)c(C)c1. The van der Waals surface area contributed by atoms with Gasteiger partial charge in [-0.05, 0) is 68.7 Å². The van der Waals surface area contributed by atoms with Crippen LogP contribution in [0.2, 0.25) is 0 Å². The molecule has 6 heteroatoms. The van der Waals surface area contributed by atoms with Gasteiger partial charge in [-0.15, -0.1) is 0 Å². The third kappa shape index (κ3) is 5.17. The molecule has 6 nitrogen and oxygen atoms in total. The molecule has 1 atom stereocenters. The standard InChI is InChI=1S/C29H31N3O3/c1-5-31(27(33)19-35-18-23-11-7-6-8-12-23)22(4)28-30-26-14-10-9-13-25(26)29(34)32(28)24-16-15-20(2)21(3)17-24/h6-17,22H,5,18-19H2,1-4H3. The van der Waals surface area contributed by atoms with Crippen molar-refractivity contribution in [3.8, 4) is 5.69 Å². The summed E-state index contributed by atoms with van der Waals surface area (Å²) in [4.78, 5) is 33.4. The van der Waals surface area contributed by atoms with E-state index in [0.29, 0.717) is 29.9 Å². The van der Waals surface area contributed by atoms with Gasteiger partial charge in [0.15, 0.2) is 0 Å². The molecule has 0 spiro atoms. The van der Waals surface area contributed by atoms with Crippen molar-refractivity contribution in [2.45, 2.75) is 40.3 Å². The monoisotopic (exact) mass is 469 g/mol. The van der Waals surface area contributed by atoms with Crippen molar-refractivity contribution < 1.29 is 9.53 Å². The van der Waals surface area contributed by atoms with Gasteiger partial charge in [-0.25, -0.2) is 4.98 Å². The van der Waals surface area contributed by atoms with Crippen molar-refractivity contribution in [3.63, 3.8) is 0 Å². The van der Waals surface area contributed by atoms with Crippen molar-refractivity contribution in [1.29, 1.82) is 0 Å². The molecule has 35 heavy (non-hydrogen) atoms. The molecule has 0 bridgehead atoms. The number of carbonyl (C=O) groups excluding carboxylic acids is 1. The molecule has 4 aromatic rings. The smallest absolute Gasteiger partial charge is 0.266 e. The van der Waals surface area contributed by atoms with Crippen LogP contribution in [0.4, 0.5) is 0 Å². The Bertz CT molecular complexity index is 1400. The van der Waals surface area contributed by atoms with Crippen LogP contribution < -0.4 is 5.56 Å². The summed E-state index contributed by atoms with van der Waals surface area (Å²) in [5.41, 5.74) is 4.44. The van der Waals surface area contributed by atoms with E-state index in [2.05, 4.69) is 0 Å². The van der Waals surface area contributed by atoms with E-state index in [9.17, 15) is 9.59 Å². The highest BCUT2D eigenvalue weighted by atomic mass is 16.5. The topological polar surface area (TPSA) is 64.4 Å². The van der Waals surface area contributed by atoms with E-state index in [1.807, 2.05) is 94.4 Å². The van der Waals surface area contributed by atoms with Crippen molar-refractivity contribution in [3.05, 3.63) is 106 Å². The summed E-state index contributed by atoms with van der Waals surface area (Å²) in [6.07, 6.45) is 0. The van der Waals surface area contributed by atoms with Crippen LogP contribution in [-0.4, -0.2) is 33.5 Å². The van der Waals surface area contributed by atoms with E-state index >= 15 is 0 Å². The third-order valence-corrected chi connectivity index (χ3v) is 6.39. The number of hydrogen-bond donors (Lipinski definition) is 0. The molecule has 0 aliphatic carbocycles. The highest BCUT2D eigenvalue weighted by molar-refractivity contribution is 5.79. The van der Waals surface area contributed by atoms with Gasteiger partial charge in [0.05, 0.1) is 29.2 Å². The number of likely N-dealkylation sites (N-methyl/N-ethyl adjacent to an activating group) is 1. The molecule has 180 valence electrons. The zero-order valence-corrected chi connectivity index (χ0v) is 20.7. The Labute approximate surface area is 205 Å². The second kappa shape index (κ2) is 10.7. The largest absolute Gasteiger partial charge is 0.367 e. The van der Waals surface area contributed by atoms with Gasteiger partial charge in [-0.2, -0.15) is 0 Å². The summed E-state index contributed by atoms with van der Waals surface area (Å²) in [6.45, 7) is 8.67. The van der Waals surface area contributed by atoms with Crippen molar-refractivity contribution in [2.75, 3.05) is 13.2 Å². The highest BCUT2D eigenvalue weighted by Crippen LogP contribution is 2.24. The molecule has 3 aromatic carbocycles. The van der Waals surface area contributed by atoms with E-state index in [-0.39, 0.29) is 18.1 Å². The van der Waals surface area contributed by atoms with E-state index in [1.165, 1.54) is 0 Å². The molecule has 1 unspecified atom stereocenters. The Balaban J connectivity index is 1.70. The normalized spacial score (nSPS) is 12.0. The van der Waals surface area contributed by atoms with Gasteiger partial charge >= 0.3 is 0 Å². The van der Waals surface area contributed by atoms with Crippen molar-refractivity contribution >= 4 is 16.8 Å². The predicted molar refractivity (Wildman–Crippen MR) is 139 cm³/mol. The van der Waals surface area contributed by atoms with Crippen molar-refractivity contribution in [1.82, 2.24) is 14.5 Å². The van der Waals surface area contributed by atoms with Crippen LogP contribution in [0.25, 0.3) is 16.6 Å². The predicted octanol–water partition coefficient (Wildman–Crippen LogP) is 5.13. The number of carbonyl (C=O) groups is 1. The molecule has 1 amide bonds. The van der Waals surface area contributed by atoms with E-state index in [1.54, 1.807) is 15.5 Å². The number of amides is 1. The fourth-order valence-corrected chi connectivity index (χ4v) is 4.26. The number of benzene rings is 3. The maximum atomic E-state index is 13.7. The minimum absolute atomic E-state index is 0.0471. The molecule has 4 rings (SSSR count). The Morgan fingerprint density at radius 2 is 1.71 bits per heavy atom. The van der Waals surface area contributed by atoms with E-state index in [0.717, 1.165) is 22.4 Å². The summed E-state index contributed by atoms with van der Waals surface area (Å²) in [7, 11) is 0. The number of para-hydroxylation sites is 1. The number of fused-ring (bicyclic) bond motifs is 1. The Kier molecular flexibility index (Phi) is 7.42. The molecule has 0 fully saturated rings. The summed E-state index contributed by atoms with van der Waals surface area (Å²) in [5.74, 6) is 0.375. The molecule has 0 N–H and O–H groups in total. The lowest BCUT2D eigenvalue weighted by Gasteiger charge is -2.29. The zero-order valence-electron chi connectivity index (χ0n) is 20.7. The Morgan fingerprint density at radius 3 is 2.43 bits per heavy atom. The first kappa shape index (κ1) is 24.4. The minimum atomic E-state index is -0.438. The van der Waals surface area contributed by atoms with Crippen molar-refractivity contribution in [2.24, 2.45) is 0 Å².